The zero-order valence-electron chi connectivity index (χ0n) is 28.2. The van der Waals surface area contributed by atoms with Gasteiger partial charge in [-0.3, -0.25) is 0 Å². The Morgan fingerprint density at radius 3 is 2.02 bits per heavy atom. The molecule has 254 valence electrons. The normalized spacial score (nSPS) is 33.0. The Kier molecular flexibility index (Phi) is 16.2. The van der Waals surface area contributed by atoms with Gasteiger partial charge in [-0.25, -0.2) is 0 Å². The summed E-state index contributed by atoms with van der Waals surface area (Å²) in [5.74, 6) is 0.470. The lowest BCUT2D eigenvalue weighted by atomic mass is 9.89. The minimum Gasteiger partial charge on any atom is -0.390 e. The summed E-state index contributed by atoms with van der Waals surface area (Å²) in [4.78, 5) is 0. The standard InChI is InChI=1S/C37H64O7/c1-4-5-8-17-29(42-34-19-10-14-25-39-34)22-23-31-30(18-9-6-7-13-24-37(2,3)38)32(43-35-20-11-15-26-40-35)28-33(31)44-36-21-12-16-27-41-36/h6,9,22-23,29-36,38H,4-5,7-8,10-21,24-28H2,1-3H3/t29-,30+,31+,32-,33+,34?,35?,36?/m0/s1. The van der Waals surface area contributed by atoms with Gasteiger partial charge < -0.3 is 33.5 Å². The maximum Gasteiger partial charge on any atom is 0.158 e. The van der Waals surface area contributed by atoms with E-state index in [2.05, 4.69) is 31.2 Å². The summed E-state index contributed by atoms with van der Waals surface area (Å²) in [5, 5.41) is 10.1. The summed E-state index contributed by atoms with van der Waals surface area (Å²) in [6, 6.07) is 0. The average Bonchev–Trinajstić information content (AvgIpc) is 3.33. The number of unbranched alkanes of at least 4 members (excludes halogenated alkanes) is 3. The first kappa shape index (κ1) is 36.0. The summed E-state index contributed by atoms with van der Waals surface area (Å²) in [6.45, 7) is 8.38. The smallest absolute Gasteiger partial charge is 0.158 e. The van der Waals surface area contributed by atoms with Crippen LogP contribution in [-0.2, 0) is 28.4 Å². The second-order valence-corrected chi connectivity index (χ2v) is 14.2. The van der Waals surface area contributed by atoms with E-state index in [1.165, 1.54) is 19.3 Å². The van der Waals surface area contributed by atoms with Crippen LogP contribution in [0, 0.1) is 11.8 Å². The van der Waals surface area contributed by atoms with E-state index in [-0.39, 0.29) is 49.0 Å². The van der Waals surface area contributed by atoms with Gasteiger partial charge in [0, 0.05) is 32.2 Å². The molecular formula is C37H64O7. The molecule has 1 aliphatic carbocycles. The Bertz CT molecular complexity index is 805. The van der Waals surface area contributed by atoms with Crippen LogP contribution in [0.25, 0.3) is 0 Å². The molecule has 4 rings (SSSR count). The van der Waals surface area contributed by atoms with Gasteiger partial charge in [-0.2, -0.15) is 0 Å². The van der Waals surface area contributed by atoms with Crippen molar-refractivity contribution in [2.45, 2.75) is 179 Å². The first-order chi connectivity index (χ1) is 21.4. The molecule has 4 fully saturated rings. The third-order valence-electron chi connectivity index (χ3n) is 9.63. The SMILES string of the molecule is CCCCC[C@@H](C=C[C@@H]1[C@@H](CC=CCCCC(C)(C)O)[C@@H](OC2CCCCO2)C[C@H]1OC1CCCCO1)OC1CCCCO1. The molecule has 0 aromatic heterocycles. The first-order valence-electron chi connectivity index (χ1n) is 18.3. The highest BCUT2D eigenvalue weighted by Gasteiger charge is 2.45. The van der Waals surface area contributed by atoms with Gasteiger partial charge in [0.2, 0.25) is 0 Å². The summed E-state index contributed by atoms with van der Waals surface area (Å²) in [6.07, 6.45) is 27.9. The molecule has 8 atom stereocenters. The van der Waals surface area contributed by atoms with Crippen molar-refractivity contribution in [3.8, 4) is 0 Å². The third-order valence-corrected chi connectivity index (χ3v) is 9.63. The molecule has 44 heavy (non-hydrogen) atoms. The van der Waals surface area contributed by atoms with E-state index in [1.807, 2.05) is 13.8 Å². The number of allylic oxidation sites excluding steroid dienone is 2. The molecule has 3 saturated heterocycles. The quantitative estimate of drug-likeness (QED) is 0.122. The molecule has 0 bridgehead atoms. The van der Waals surface area contributed by atoms with Crippen LogP contribution < -0.4 is 0 Å². The number of ether oxygens (including phenoxy) is 6. The second kappa shape index (κ2) is 19.8. The van der Waals surface area contributed by atoms with Crippen molar-refractivity contribution >= 4 is 0 Å². The van der Waals surface area contributed by atoms with Crippen molar-refractivity contribution in [2.24, 2.45) is 11.8 Å². The van der Waals surface area contributed by atoms with Crippen LogP contribution in [-0.4, -0.2) is 67.7 Å². The Morgan fingerprint density at radius 2 is 1.43 bits per heavy atom. The van der Waals surface area contributed by atoms with Gasteiger partial charge >= 0.3 is 0 Å². The highest BCUT2D eigenvalue weighted by Crippen LogP contribution is 2.42. The molecular weight excluding hydrogens is 556 g/mol. The zero-order chi connectivity index (χ0) is 31.0. The lowest BCUT2D eigenvalue weighted by Crippen LogP contribution is -2.31. The van der Waals surface area contributed by atoms with Gasteiger partial charge in [-0.05, 0) is 110 Å². The van der Waals surface area contributed by atoms with E-state index in [0.29, 0.717) is 0 Å². The molecule has 0 aromatic carbocycles. The van der Waals surface area contributed by atoms with Gasteiger partial charge in [0.25, 0.3) is 0 Å². The fraction of sp³-hybridized carbons (Fsp3) is 0.892. The fourth-order valence-corrected chi connectivity index (χ4v) is 7.08. The van der Waals surface area contributed by atoms with E-state index in [4.69, 9.17) is 28.4 Å². The molecule has 0 spiro atoms. The molecule has 0 aromatic rings. The van der Waals surface area contributed by atoms with Crippen LogP contribution in [0.5, 0.6) is 0 Å². The predicted molar refractivity (Wildman–Crippen MR) is 174 cm³/mol. The molecule has 7 heteroatoms. The molecule has 3 unspecified atom stereocenters. The monoisotopic (exact) mass is 620 g/mol. The summed E-state index contributed by atoms with van der Waals surface area (Å²) >= 11 is 0. The van der Waals surface area contributed by atoms with Crippen LogP contribution in [0.15, 0.2) is 24.3 Å². The highest BCUT2D eigenvalue weighted by atomic mass is 16.7. The molecule has 3 aliphatic heterocycles. The lowest BCUT2D eigenvalue weighted by molar-refractivity contribution is -0.203. The predicted octanol–water partition coefficient (Wildman–Crippen LogP) is 8.38. The Morgan fingerprint density at radius 1 is 0.795 bits per heavy atom. The maximum atomic E-state index is 10.1. The Balaban J connectivity index is 1.50. The summed E-state index contributed by atoms with van der Waals surface area (Å²) in [7, 11) is 0. The third kappa shape index (κ3) is 13.1. The molecule has 0 radical (unpaired) electrons. The second-order valence-electron chi connectivity index (χ2n) is 14.2. The molecule has 1 saturated carbocycles. The Labute approximate surface area is 268 Å². The van der Waals surface area contributed by atoms with Gasteiger partial charge in [0.1, 0.15) is 0 Å². The van der Waals surface area contributed by atoms with E-state index in [1.54, 1.807) is 0 Å². The van der Waals surface area contributed by atoms with E-state index in [9.17, 15) is 5.11 Å². The van der Waals surface area contributed by atoms with Crippen LogP contribution in [0.1, 0.15) is 136 Å². The molecule has 3 heterocycles. The van der Waals surface area contributed by atoms with Crippen LogP contribution in [0.2, 0.25) is 0 Å². The van der Waals surface area contributed by atoms with E-state index in [0.717, 1.165) is 116 Å². The maximum absolute atomic E-state index is 10.1. The summed E-state index contributed by atoms with van der Waals surface area (Å²) in [5.41, 5.74) is -0.613. The fourth-order valence-electron chi connectivity index (χ4n) is 7.08. The molecule has 4 aliphatic rings. The van der Waals surface area contributed by atoms with Gasteiger partial charge in [0.15, 0.2) is 18.9 Å². The van der Waals surface area contributed by atoms with Crippen LogP contribution in [0.3, 0.4) is 0 Å². The molecule has 1 N–H and O–H groups in total. The number of hydrogen-bond donors (Lipinski definition) is 1. The minimum absolute atomic E-state index is 0.0266. The zero-order valence-corrected chi connectivity index (χ0v) is 28.2. The van der Waals surface area contributed by atoms with Crippen molar-refractivity contribution in [1.29, 1.82) is 0 Å². The van der Waals surface area contributed by atoms with Gasteiger partial charge in [0.05, 0.1) is 23.9 Å². The number of rotatable bonds is 18. The number of hydrogen-bond acceptors (Lipinski definition) is 7. The van der Waals surface area contributed by atoms with Crippen molar-refractivity contribution in [1.82, 2.24) is 0 Å². The van der Waals surface area contributed by atoms with Crippen molar-refractivity contribution in [3.63, 3.8) is 0 Å². The highest BCUT2D eigenvalue weighted by molar-refractivity contribution is 5.08. The first-order valence-corrected chi connectivity index (χ1v) is 18.3. The summed E-state index contributed by atoms with van der Waals surface area (Å²) < 4.78 is 38.2. The van der Waals surface area contributed by atoms with Crippen molar-refractivity contribution in [3.05, 3.63) is 24.3 Å². The Hall–Kier alpha value is -0.800. The van der Waals surface area contributed by atoms with Crippen LogP contribution >= 0.6 is 0 Å². The van der Waals surface area contributed by atoms with Gasteiger partial charge in [-0.1, -0.05) is 50.5 Å². The lowest BCUT2D eigenvalue weighted by Gasteiger charge is -2.30. The molecule has 7 nitrogen and oxygen atoms in total. The van der Waals surface area contributed by atoms with Crippen molar-refractivity contribution in [2.75, 3.05) is 19.8 Å². The average molecular weight is 621 g/mol. The van der Waals surface area contributed by atoms with Crippen LogP contribution in [0.4, 0.5) is 0 Å². The van der Waals surface area contributed by atoms with Gasteiger partial charge in [-0.15, -0.1) is 0 Å². The van der Waals surface area contributed by atoms with E-state index < -0.39 is 5.60 Å². The topological polar surface area (TPSA) is 75.6 Å². The van der Waals surface area contributed by atoms with Crippen molar-refractivity contribution < 1.29 is 33.5 Å². The minimum atomic E-state index is -0.613. The largest absolute Gasteiger partial charge is 0.390 e. The number of aliphatic hydroxyl groups is 1. The van der Waals surface area contributed by atoms with E-state index >= 15 is 0 Å². The molecule has 0 amide bonds.